The maximum Gasteiger partial charge on any atom is 0.264 e. The van der Waals surface area contributed by atoms with Crippen molar-refractivity contribution in [3.8, 4) is 5.75 Å². The van der Waals surface area contributed by atoms with Gasteiger partial charge in [0, 0.05) is 12.1 Å². The predicted molar refractivity (Wildman–Crippen MR) is 157 cm³/mol. The topological polar surface area (TPSA) is 96.0 Å². The highest BCUT2D eigenvalue weighted by atomic mass is 32.2. The van der Waals surface area contributed by atoms with Gasteiger partial charge in [-0.25, -0.2) is 17.2 Å². The van der Waals surface area contributed by atoms with Crippen molar-refractivity contribution in [3.05, 3.63) is 90.0 Å². The highest BCUT2D eigenvalue weighted by Gasteiger charge is 2.34. The van der Waals surface area contributed by atoms with Gasteiger partial charge in [0.15, 0.2) is 0 Å². The van der Waals surface area contributed by atoms with E-state index in [1.54, 1.807) is 19.1 Å². The van der Waals surface area contributed by atoms with Crippen LogP contribution in [-0.4, -0.2) is 49.9 Å². The molecule has 0 radical (unpaired) electrons. The van der Waals surface area contributed by atoms with Gasteiger partial charge in [-0.1, -0.05) is 19.1 Å². The number of nitrogens with zero attached hydrogens (tertiary/aromatic N) is 2. The molecule has 0 aromatic heterocycles. The van der Waals surface area contributed by atoms with Crippen molar-refractivity contribution in [2.75, 3.05) is 17.5 Å². The summed E-state index contributed by atoms with van der Waals surface area (Å²) in [7, 11) is -4.36. The molecular formula is C31H37F2N3O5S. The molecule has 0 bridgehead atoms. The molecule has 0 saturated carbocycles. The number of halogens is 2. The summed E-state index contributed by atoms with van der Waals surface area (Å²) in [6.45, 7) is 8.68. The molecule has 0 saturated heterocycles. The van der Waals surface area contributed by atoms with Gasteiger partial charge in [0.2, 0.25) is 11.8 Å². The quantitative estimate of drug-likeness (QED) is 0.305. The minimum Gasteiger partial charge on any atom is -0.494 e. The van der Waals surface area contributed by atoms with Crippen LogP contribution in [0.2, 0.25) is 0 Å². The lowest BCUT2D eigenvalue weighted by Crippen LogP contribution is -2.55. The van der Waals surface area contributed by atoms with E-state index in [-0.39, 0.29) is 23.5 Å². The maximum absolute atomic E-state index is 14.1. The van der Waals surface area contributed by atoms with Crippen LogP contribution < -0.4 is 14.4 Å². The molecule has 42 heavy (non-hydrogen) atoms. The molecule has 3 aromatic carbocycles. The molecule has 2 amide bonds. The number of rotatable bonds is 12. The molecule has 1 atom stereocenters. The SMILES string of the molecule is CCOc1ccc(N(CC(=O)N(Cc2ccc(F)cc2)[C@@H](CC)C(=O)NC(C)(C)C)S(=O)(=O)c2ccc(F)cc2)cc1. The largest absolute Gasteiger partial charge is 0.494 e. The molecule has 0 aliphatic carbocycles. The second-order valence-corrected chi connectivity index (χ2v) is 12.6. The van der Waals surface area contributed by atoms with E-state index in [1.807, 2.05) is 27.7 Å². The fourth-order valence-electron chi connectivity index (χ4n) is 4.30. The number of benzene rings is 3. The van der Waals surface area contributed by atoms with Gasteiger partial charge in [-0.3, -0.25) is 13.9 Å². The van der Waals surface area contributed by atoms with Crippen LogP contribution in [0.15, 0.2) is 77.7 Å². The Morgan fingerprint density at radius 2 is 1.43 bits per heavy atom. The van der Waals surface area contributed by atoms with Crippen LogP contribution >= 0.6 is 0 Å². The molecule has 3 aromatic rings. The molecule has 3 rings (SSSR count). The first-order chi connectivity index (χ1) is 19.7. The average Bonchev–Trinajstić information content (AvgIpc) is 2.92. The number of carbonyl (C=O) groups is 2. The summed E-state index contributed by atoms with van der Waals surface area (Å²) in [6, 6.07) is 15.0. The van der Waals surface area contributed by atoms with Gasteiger partial charge in [-0.05, 0) is 100 Å². The van der Waals surface area contributed by atoms with Gasteiger partial charge in [0.05, 0.1) is 17.2 Å². The van der Waals surface area contributed by atoms with E-state index in [2.05, 4.69) is 5.32 Å². The van der Waals surface area contributed by atoms with Crippen LogP contribution in [0, 0.1) is 11.6 Å². The Hall–Kier alpha value is -3.99. The number of amides is 2. The summed E-state index contributed by atoms with van der Waals surface area (Å²) >= 11 is 0. The van der Waals surface area contributed by atoms with Crippen LogP contribution in [0.5, 0.6) is 5.75 Å². The minimum absolute atomic E-state index is 0.0666. The van der Waals surface area contributed by atoms with Gasteiger partial charge >= 0.3 is 0 Å². The third kappa shape index (κ3) is 8.51. The van der Waals surface area contributed by atoms with E-state index in [0.717, 1.165) is 28.6 Å². The number of hydrogen-bond acceptors (Lipinski definition) is 5. The Bertz CT molecular complexity index is 1460. The number of ether oxygens (including phenoxy) is 1. The van der Waals surface area contributed by atoms with Crippen molar-refractivity contribution in [2.45, 2.75) is 64.1 Å². The molecule has 0 aliphatic rings. The van der Waals surface area contributed by atoms with Crippen molar-refractivity contribution in [2.24, 2.45) is 0 Å². The Morgan fingerprint density at radius 1 is 0.881 bits per heavy atom. The monoisotopic (exact) mass is 601 g/mol. The summed E-state index contributed by atoms with van der Waals surface area (Å²) < 4.78 is 61.4. The molecule has 0 heterocycles. The van der Waals surface area contributed by atoms with Crippen molar-refractivity contribution >= 4 is 27.5 Å². The zero-order valence-corrected chi connectivity index (χ0v) is 25.3. The fourth-order valence-corrected chi connectivity index (χ4v) is 5.71. The lowest BCUT2D eigenvalue weighted by atomic mass is 10.1. The Balaban J connectivity index is 2.07. The number of hydrogen-bond donors (Lipinski definition) is 1. The average molecular weight is 602 g/mol. The van der Waals surface area contributed by atoms with E-state index >= 15 is 0 Å². The summed E-state index contributed by atoms with van der Waals surface area (Å²) in [6.07, 6.45) is 0.239. The van der Waals surface area contributed by atoms with Gasteiger partial charge in [0.1, 0.15) is 30.0 Å². The molecule has 8 nitrogen and oxygen atoms in total. The fraction of sp³-hybridized carbons (Fsp3) is 0.355. The normalized spacial score (nSPS) is 12.4. The van der Waals surface area contributed by atoms with Crippen molar-refractivity contribution in [1.82, 2.24) is 10.2 Å². The summed E-state index contributed by atoms with van der Waals surface area (Å²) in [5.41, 5.74) is 0.140. The first kappa shape index (κ1) is 32.5. The van der Waals surface area contributed by atoms with Gasteiger partial charge in [-0.2, -0.15) is 0 Å². The summed E-state index contributed by atoms with van der Waals surface area (Å²) in [4.78, 5) is 28.5. The molecule has 0 aliphatic heterocycles. The third-order valence-corrected chi connectivity index (χ3v) is 8.05. The van der Waals surface area contributed by atoms with Crippen LogP contribution in [-0.2, 0) is 26.2 Å². The van der Waals surface area contributed by atoms with Crippen molar-refractivity contribution < 1.29 is 31.5 Å². The number of anilines is 1. The first-order valence-corrected chi connectivity index (χ1v) is 15.1. The van der Waals surface area contributed by atoms with Crippen LogP contribution in [0.1, 0.15) is 46.6 Å². The van der Waals surface area contributed by atoms with Crippen molar-refractivity contribution in [1.29, 1.82) is 0 Å². The summed E-state index contributed by atoms with van der Waals surface area (Å²) in [5.74, 6) is -1.63. The van der Waals surface area contributed by atoms with E-state index in [4.69, 9.17) is 4.74 Å². The summed E-state index contributed by atoms with van der Waals surface area (Å²) in [5, 5.41) is 2.89. The molecule has 0 fully saturated rings. The Labute approximate surface area is 246 Å². The number of carbonyl (C=O) groups excluding carboxylic acids is 2. The van der Waals surface area contributed by atoms with E-state index < -0.39 is 51.6 Å². The molecular weight excluding hydrogens is 564 g/mol. The highest BCUT2D eigenvalue weighted by molar-refractivity contribution is 7.92. The predicted octanol–water partition coefficient (Wildman–Crippen LogP) is 5.28. The molecule has 0 unspecified atom stereocenters. The number of sulfonamides is 1. The second-order valence-electron chi connectivity index (χ2n) is 10.7. The van der Waals surface area contributed by atoms with Gasteiger partial charge in [-0.15, -0.1) is 0 Å². The van der Waals surface area contributed by atoms with E-state index in [0.29, 0.717) is 17.9 Å². The first-order valence-electron chi connectivity index (χ1n) is 13.6. The van der Waals surface area contributed by atoms with Crippen LogP contribution in [0.25, 0.3) is 0 Å². The third-order valence-electron chi connectivity index (χ3n) is 6.27. The standard InChI is InChI=1S/C31H37F2N3O5S/c1-6-28(30(38)34-31(3,4)5)35(20-22-8-10-23(32)11-9-22)29(37)21-36(25-14-16-26(17-15-25)41-7-2)42(39,40)27-18-12-24(33)13-19-27/h8-19,28H,6-7,20-21H2,1-5H3,(H,34,38)/t28-/m0/s1. The zero-order chi connectivity index (χ0) is 31.1. The highest BCUT2D eigenvalue weighted by Crippen LogP contribution is 2.27. The zero-order valence-electron chi connectivity index (χ0n) is 24.4. The Kier molecular flexibility index (Phi) is 10.7. The lowest BCUT2D eigenvalue weighted by Gasteiger charge is -2.34. The van der Waals surface area contributed by atoms with Crippen molar-refractivity contribution in [3.63, 3.8) is 0 Å². The van der Waals surface area contributed by atoms with E-state index in [9.17, 15) is 26.8 Å². The van der Waals surface area contributed by atoms with Crippen LogP contribution in [0.4, 0.5) is 14.5 Å². The van der Waals surface area contributed by atoms with Gasteiger partial charge < -0.3 is 15.0 Å². The van der Waals surface area contributed by atoms with E-state index in [1.165, 1.54) is 41.3 Å². The molecule has 11 heteroatoms. The molecule has 226 valence electrons. The Morgan fingerprint density at radius 3 is 1.93 bits per heavy atom. The van der Waals surface area contributed by atoms with Crippen LogP contribution in [0.3, 0.4) is 0 Å². The smallest absolute Gasteiger partial charge is 0.264 e. The van der Waals surface area contributed by atoms with Gasteiger partial charge in [0.25, 0.3) is 10.0 Å². The molecule has 0 spiro atoms. The second kappa shape index (κ2) is 13.8. The lowest BCUT2D eigenvalue weighted by molar-refractivity contribution is -0.141. The molecule has 1 N–H and O–H groups in total. The maximum atomic E-state index is 14.1. The minimum atomic E-state index is -4.36. The number of nitrogens with one attached hydrogen (secondary N) is 1.